The van der Waals surface area contributed by atoms with E-state index in [-0.39, 0.29) is 5.91 Å². The predicted molar refractivity (Wildman–Crippen MR) is 87.5 cm³/mol. The average molecular weight is 324 g/mol. The predicted octanol–water partition coefficient (Wildman–Crippen LogP) is 1.18. The number of thiocarbonyl (C=S) groups is 1. The average Bonchev–Trinajstić information content (AvgIpc) is 3.20. The standard InChI is InChI=1S/C14H20N4OS2/c1-10-9-21-12(15-10)8-13(19)17-4-6-18(7-5-17)14(20)16-11-2-3-11/h9,11H,2-8H2,1H3,(H,16,20). The minimum atomic E-state index is 0.171. The molecule has 7 heteroatoms. The smallest absolute Gasteiger partial charge is 0.229 e. The van der Waals surface area contributed by atoms with E-state index in [4.69, 9.17) is 12.2 Å². The summed E-state index contributed by atoms with van der Waals surface area (Å²) in [5.41, 5.74) is 0.990. The van der Waals surface area contributed by atoms with Gasteiger partial charge in [0.2, 0.25) is 5.91 Å². The fraction of sp³-hybridized carbons (Fsp3) is 0.643. The molecule has 3 rings (SSSR count). The van der Waals surface area contributed by atoms with E-state index in [1.807, 2.05) is 17.2 Å². The van der Waals surface area contributed by atoms with Crippen LogP contribution in [0.5, 0.6) is 0 Å². The van der Waals surface area contributed by atoms with Crippen LogP contribution in [0.4, 0.5) is 0 Å². The van der Waals surface area contributed by atoms with Gasteiger partial charge in [-0.2, -0.15) is 0 Å². The number of amides is 1. The summed E-state index contributed by atoms with van der Waals surface area (Å²) in [6.45, 7) is 5.09. The molecule has 1 saturated heterocycles. The van der Waals surface area contributed by atoms with Crippen LogP contribution in [-0.4, -0.2) is 58.0 Å². The zero-order chi connectivity index (χ0) is 14.8. The van der Waals surface area contributed by atoms with Crippen molar-refractivity contribution in [3.05, 3.63) is 16.1 Å². The normalized spacial score (nSPS) is 18.7. The molecular formula is C14H20N4OS2. The second-order valence-electron chi connectivity index (χ2n) is 5.65. The first-order valence-corrected chi connectivity index (χ1v) is 8.65. The molecule has 1 aromatic rings. The molecule has 1 aliphatic carbocycles. The molecule has 0 bridgehead atoms. The molecule has 0 atom stereocenters. The highest BCUT2D eigenvalue weighted by atomic mass is 32.1. The number of hydrogen-bond acceptors (Lipinski definition) is 4. The Morgan fingerprint density at radius 1 is 1.38 bits per heavy atom. The van der Waals surface area contributed by atoms with E-state index in [1.54, 1.807) is 11.3 Å². The van der Waals surface area contributed by atoms with Crippen molar-refractivity contribution >= 4 is 34.6 Å². The van der Waals surface area contributed by atoms with Gasteiger partial charge >= 0.3 is 0 Å². The van der Waals surface area contributed by atoms with E-state index in [0.29, 0.717) is 12.5 Å². The van der Waals surface area contributed by atoms with Gasteiger partial charge in [-0.25, -0.2) is 4.98 Å². The van der Waals surface area contributed by atoms with E-state index in [0.717, 1.165) is 42.0 Å². The third-order valence-corrected chi connectivity index (χ3v) is 5.14. The maximum atomic E-state index is 12.3. The van der Waals surface area contributed by atoms with Crippen LogP contribution in [0.3, 0.4) is 0 Å². The number of nitrogens with one attached hydrogen (secondary N) is 1. The summed E-state index contributed by atoms with van der Waals surface area (Å²) in [5, 5.41) is 7.10. The molecule has 1 aliphatic heterocycles. The van der Waals surface area contributed by atoms with Gasteiger partial charge in [0.25, 0.3) is 0 Å². The Bertz CT molecular complexity index is 533. The number of aryl methyl sites for hydroxylation is 1. The highest BCUT2D eigenvalue weighted by molar-refractivity contribution is 7.80. The lowest BCUT2D eigenvalue weighted by molar-refractivity contribution is -0.131. The van der Waals surface area contributed by atoms with E-state index in [2.05, 4.69) is 15.2 Å². The van der Waals surface area contributed by atoms with Gasteiger partial charge in [0.1, 0.15) is 5.01 Å². The number of thiazole rings is 1. The first-order chi connectivity index (χ1) is 10.1. The van der Waals surface area contributed by atoms with Crippen LogP contribution < -0.4 is 5.32 Å². The van der Waals surface area contributed by atoms with E-state index in [9.17, 15) is 4.79 Å². The number of aromatic nitrogens is 1. The summed E-state index contributed by atoms with van der Waals surface area (Å²) in [5.74, 6) is 0.171. The lowest BCUT2D eigenvalue weighted by Crippen LogP contribution is -2.53. The monoisotopic (exact) mass is 324 g/mol. The van der Waals surface area contributed by atoms with Crippen LogP contribution in [0.1, 0.15) is 23.5 Å². The van der Waals surface area contributed by atoms with Crippen LogP contribution in [-0.2, 0) is 11.2 Å². The summed E-state index contributed by atoms with van der Waals surface area (Å²) in [7, 11) is 0. The molecule has 2 heterocycles. The molecule has 0 spiro atoms. The van der Waals surface area contributed by atoms with Gasteiger partial charge in [-0.15, -0.1) is 11.3 Å². The molecule has 21 heavy (non-hydrogen) atoms. The number of hydrogen-bond donors (Lipinski definition) is 1. The highest BCUT2D eigenvalue weighted by Crippen LogP contribution is 2.19. The maximum Gasteiger partial charge on any atom is 0.229 e. The van der Waals surface area contributed by atoms with Crippen LogP contribution in [0.25, 0.3) is 0 Å². The van der Waals surface area contributed by atoms with Crippen LogP contribution >= 0.6 is 23.6 Å². The van der Waals surface area contributed by atoms with E-state index in [1.165, 1.54) is 12.8 Å². The van der Waals surface area contributed by atoms with Crippen molar-refractivity contribution in [1.82, 2.24) is 20.1 Å². The first kappa shape index (κ1) is 14.7. The second-order valence-corrected chi connectivity index (χ2v) is 6.98. The van der Waals surface area contributed by atoms with Crippen LogP contribution in [0.15, 0.2) is 5.38 Å². The molecule has 2 fully saturated rings. The van der Waals surface area contributed by atoms with Gasteiger partial charge in [0.15, 0.2) is 5.11 Å². The van der Waals surface area contributed by atoms with Gasteiger partial charge < -0.3 is 15.1 Å². The van der Waals surface area contributed by atoms with Crippen molar-refractivity contribution in [2.75, 3.05) is 26.2 Å². The van der Waals surface area contributed by atoms with Gasteiger partial charge in [0.05, 0.1) is 6.42 Å². The third kappa shape index (κ3) is 3.91. The maximum absolute atomic E-state index is 12.3. The zero-order valence-corrected chi connectivity index (χ0v) is 13.8. The molecule has 114 valence electrons. The van der Waals surface area contributed by atoms with E-state index < -0.39 is 0 Å². The molecule has 1 aromatic heterocycles. The molecule has 5 nitrogen and oxygen atoms in total. The van der Waals surface area contributed by atoms with Crippen LogP contribution in [0, 0.1) is 6.92 Å². The number of piperazine rings is 1. The summed E-state index contributed by atoms with van der Waals surface area (Å²) in [6.07, 6.45) is 2.88. The molecule has 0 radical (unpaired) electrons. The Balaban J connectivity index is 1.46. The summed E-state index contributed by atoms with van der Waals surface area (Å²) >= 11 is 6.97. The number of nitrogens with zero attached hydrogens (tertiary/aromatic N) is 3. The topological polar surface area (TPSA) is 48.5 Å². The molecule has 1 N–H and O–H groups in total. The van der Waals surface area contributed by atoms with Crippen molar-refractivity contribution in [3.8, 4) is 0 Å². The van der Waals surface area contributed by atoms with Crippen LogP contribution in [0.2, 0.25) is 0 Å². The number of carbonyl (C=O) groups is 1. The quantitative estimate of drug-likeness (QED) is 0.846. The van der Waals surface area contributed by atoms with Crippen molar-refractivity contribution < 1.29 is 4.79 Å². The van der Waals surface area contributed by atoms with Gasteiger partial charge in [0, 0.05) is 43.3 Å². The molecule has 1 amide bonds. The summed E-state index contributed by atoms with van der Waals surface area (Å²) in [4.78, 5) is 20.7. The fourth-order valence-corrected chi connectivity index (χ4v) is 3.49. The summed E-state index contributed by atoms with van der Waals surface area (Å²) in [6, 6.07) is 0.588. The summed E-state index contributed by atoms with van der Waals surface area (Å²) < 4.78 is 0. The largest absolute Gasteiger partial charge is 0.360 e. The fourth-order valence-electron chi connectivity index (χ4n) is 2.38. The minimum Gasteiger partial charge on any atom is -0.360 e. The SMILES string of the molecule is Cc1csc(CC(=O)N2CCN(C(=S)NC3CC3)CC2)n1. The molecular weight excluding hydrogens is 304 g/mol. The number of carbonyl (C=O) groups excluding carboxylic acids is 1. The lowest BCUT2D eigenvalue weighted by atomic mass is 10.3. The Kier molecular flexibility index (Phi) is 4.40. The first-order valence-electron chi connectivity index (χ1n) is 7.36. The molecule has 0 unspecified atom stereocenters. The Morgan fingerprint density at radius 2 is 2.05 bits per heavy atom. The third-order valence-electron chi connectivity index (χ3n) is 3.79. The lowest BCUT2D eigenvalue weighted by Gasteiger charge is -2.36. The van der Waals surface area contributed by atoms with Crippen molar-refractivity contribution in [2.45, 2.75) is 32.2 Å². The molecule has 2 aliphatic rings. The molecule has 0 aromatic carbocycles. The van der Waals surface area contributed by atoms with Crippen molar-refractivity contribution in [2.24, 2.45) is 0 Å². The number of rotatable bonds is 3. The van der Waals surface area contributed by atoms with Gasteiger partial charge in [-0.3, -0.25) is 4.79 Å². The van der Waals surface area contributed by atoms with E-state index >= 15 is 0 Å². The second kappa shape index (κ2) is 6.27. The Labute approximate surface area is 134 Å². The van der Waals surface area contributed by atoms with Crippen molar-refractivity contribution in [1.29, 1.82) is 0 Å². The van der Waals surface area contributed by atoms with Gasteiger partial charge in [-0.1, -0.05) is 0 Å². The Hall–Kier alpha value is -1.21. The highest BCUT2D eigenvalue weighted by Gasteiger charge is 2.27. The minimum absolute atomic E-state index is 0.171. The van der Waals surface area contributed by atoms with Crippen molar-refractivity contribution in [3.63, 3.8) is 0 Å². The van der Waals surface area contributed by atoms with Gasteiger partial charge in [-0.05, 0) is 32.0 Å². The Morgan fingerprint density at radius 3 is 2.62 bits per heavy atom. The molecule has 1 saturated carbocycles. The zero-order valence-electron chi connectivity index (χ0n) is 12.2.